The fraction of sp³-hybridized carbons (Fsp3) is 0.583. The molecule has 7 heteroatoms. The Morgan fingerprint density at radius 1 is 1.10 bits per heavy atom. The minimum absolute atomic E-state index is 0.00356. The third kappa shape index (κ3) is 4.50. The number of ketones is 1. The number of amides is 1. The van der Waals surface area contributed by atoms with Crippen LogP contribution < -0.4 is 9.64 Å². The van der Waals surface area contributed by atoms with Crippen LogP contribution in [-0.4, -0.2) is 59.8 Å². The summed E-state index contributed by atoms with van der Waals surface area (Å²) in [5.41, 5.74) is 1.78. The Morgan fingerprint density at radius 2 is 1.87 bits per heavy atom. The van der Waals surface area contributed by atoms with Crippen molar-refractivity contribution in [2.75, 3.05) is 38.2 Å². The van der Waals surface area contributed by atoms with E-state index in [4.69, 9.17) is 14.7 Å². The van der Waals surface area contributed by atoms with E-state index in [1.54, 1.807) is 7.11 Å². The van der Waals surface area contributed by atoms with Gasteiger partial charge in [-0.15, -0.1) is 0 Å². The molecule has 31 heavy (non-hydrogen) atoms. The average Bonchev–Trinajstić information content (AvgIpc) is 2.82. The first-order valence-corrected chi connectivity index (χ1v) is 11.4. The molecular weight excluding hydrogens is 392 g/mol. The molecule has 0 saturated carbocycles. The number of nitrogens with zero attached hydrogens (tertiary/aromatic N) is 4. The molecular formula is C24H32N4O3. The Bertz CT molecular complexity index is 977. The molecule has 4 rings (SSSR count). The van der Waals surface area contributed by atoms with Gasteiger partial charge in [-0.1, -0.05) is 6.92 Å². The van der Waals surface area contributed by atoms with Crippen LogP contribution >= 0.6 is 0 Å². The van der Waals surface area contributed by atoms with Crippen LogP contribution in [0, 0.1) is 18.8 Å². The molecule has 0 bridgehead atoms. The van der Waals surface area contributed by atoms with Gasteiger partial charge in [0.15, 0.2) is 0 Å². The van der Waals surface area contributed by atoms with E-state index in [0.29, 0.717) is 25.5 Å². The molecule has 1 aromatic heterocycles. The number of carbonyl (C=O) groups excluding carboxylic acids is 2. The molecule has 0 radical (unpaired) electrons. The number of rotatable bonds is 5. The molecule has 2 aliphatic heterocycles. The number of ether oxygens (including phenoxy) is 1. The van der Waals surface area contributed by atoms with Crippen molar-refractivity contribution < 1.29 is 14.3 Å². The number of piperidine rings is 2. The second-order valence-corrected chi connectivity index (χ2v) is 8.72. The van der Waals surface area contributed by atoms with E-state index in [-0.39, 0.29) is 23.5 Å². The lowest BCUT2D eigenvalue weighted by Crippen LogP contribution is -2.49. The van der Waals surface area contributed by atoms with Gasteiger partial charge in [-0.3, -0.25) is 9.59 Å². The summed E-state index contributed by atoms with van der Waals surface area (Å²) in [6, 6.07) is 5.84. The topological polar surface area (TPSA) is 75.6 Å². The van der Waals surface area contributed by atoms with Crippen molar-refractivity contribution in [3.05, 3.63) is 23.9 Å². The largest absolute Gasteiger partial charge is 0.497 e. The number of carbonyl (C=O) groups is 2. The van der Waals surface area contributed by atoms with Crippen LogP contribution in [0.4, 0.5) is 5.95 Å². The van der Waals surface area contributed by atoms with E-state index in [1.807, 2.05) is 36.9 Å². The lowest BCUT2D eigenvalue weighted by atomic mass is 9.90. The Labute approximate surface area is 183 Å². The Hall–Kier alpha value is -2.70. The van der Waals surface area contributed by atoms with Gasteiger partial charge in [0, 0.05) is 50.0 Å². The normalized spacial score (nSPS) is 21.9. The lowest BCUT2D eigenvalue weighted by molar-refractivity contribution is -0.139. The van der Waals surface area contributed by atoms with Crippen molar-refractivity contribution in [1.29, 1.82) is 0 Å². The van der Waals surface area contributed by atoms with E-state index in [9.17, 15) is 9.59 Å². The third-order valence-electron chi connectivity index (χ3n) is 6.67. The Morgan fingerprint density at radius 3 is 2.65 bits per heavy atom. The maximum atomic E-state index is 13.3. The quantitative estimate of drug-likeness (QED) is 0.732. The van der Waals surface area contributed by atoms with Gasteiger partial charge >= 0.3 is 0 Å². The maximum Gasteiger partial charge on any atom is 0.227 e. The van der Waals surface area contributed by atoms with Gasteiger partial charge in [-0.2, -0.15) is 0 Å². The molecule has 3 heterocycles. The first kappa shape index (κ1) is 21.5. The molecule has 2 aromatic rings. The maximum absolute atomic E-state index is 13.3. The van der Waals surface area contributed by atoms with Crippen molar-refractivity contribution in [2.24, 2.45) is 11.8 Å². The predicted octanol–water partition coefficient (Wildman–Crippen LogP) is 3.38. The summed E-state index contributed by atoms with van der Waals surface area (Å²) in [5, 5.41) is 1.01. The summed E-state index contributed by atoms with van der Waals surface area (Å²) in [5.74, 6) is 1.83. The van der Waals surface area contributed by atoms with Crippen LogP contribution in [0.5, 0.6) is 5.75 Å². The van der Waals surface area contributed by atoms with E-state index < -0.39 is 0 Å². The third-order valence-corrected chi connectivity index (χ3v) is 6.67. The molecule has 0 N–H and O–H groups in total. The molecule has 2 fully saturated rings. The molecule has 1 amide bonds. The minimum Gasteiger partial charge on any atom is -0.497 e. The molecule has 7 nitrogen and oxygen atoms in total. The SMILES string of the molecule is CCC(=O)[C@H]1CCCN(C(=O)[C@H]2CCCN(c3nc(C)c4ccc(OC)cc4n3)C2)C1. The van der Waals surface area contributed by atoms with Gasteiger partial charge in [0.05, 0.1) is 24.2 Å². The number of Topliss-reactive ketones (excluding diaryl/α,β-unsaturated/α-hetero) is 1. The van der Waals surface area contributed by atoms with Crippen LogP contribution in [0.3, 0.4) is 0 Å². The number of hydrogen-bond acceptors (Lipinski definition) is 6. The summed E-state index contributed by atoms with van der Waals surface area (Å²) < 4.78 is 5.35. The molecule has 1 aromatic carbocycles. The zero-order valence-corrected chi connectivity index (χ0v) is 18.8. The van der Waals surface area contributed by atoms with E-state index in [1.165, 1.54) is 0 Å². The van der Waals surface area contributed by atoms with Gasteiger partial charge in [-0.05, 0) is 44.7 Å². The monoisotopic (exact) mass is 424 g/mol. The van der Waals surface area contributed by atoms with Crippen LogP contribution in [-0.2, 0) is 9.59 Å². The van der Waals surface area contributed by atoms with Crippen molar-refractivity contribution in [2.45, 2.75) is 46.0 Å². The fourth-order valence-corrected chi connectivity index (χ4v) is 4.87. The molecule has 166 valence electrons. The molecule has 0 aliphatic carbocycles. The number of anilines is 1. The van der Waals surface area contributed by atoms with Gasteiger partial charge in [0.1, 0.15) is 11.5 Å². The van der Waals surface area contributed by atoms with Crippen LogP contribution in [0.25, 0.3) is 10.9 Å². The summed E-state index contributed by atoms with van der Waals surface area (Å²) in [6.45, 7) is 6.70. The highest BCUT2D eigenvalue weighted by molar-refractivity contribution is 5.85. The molecule has 0 unspecified atom stereocenters. The predicted molar refractivity (Wildman–Crippen MR) is 120 cm³/mol. The zero-order chi connectivity index (χ0) is 22.0. The number of likely N-dealkylation sites (tertiary alicyclic amines) is 1. The number of aryl methyl sites for hydroxylation is 1. The highest BCUT2D eigenvalue weighted by atomic mass is 16.5. The Kier molecular flexibility index (Phi) is 6.39. The highest BCUT2D eigenvalue weighted by Crippen LogP contribution is 2.28. The highest BCUT2D eigenvalue weighted by Gasteiger charge is 2.34. The van der Waals surface area contributed by atoms with Crippen molar-refractivity contribution in [3.63, 3.8) is 0 Å². The number of hydrogen-bond donors (Lipinski definition) is 0. The summed E-state index contributed by atoms with van der Waals surface area (Å²) in [7, 11) is 1.65. The molecule has 2 atom stereocenters. The lowest BCUT2D eigenvalue weighted by Gasteiger charge is -2.38. The summed E-state index contributed by atoms with van der Waals surface area (Å²) >= 11 is 0. The summed E-state index contributed by atoms with van der Waals surface area (Å²) in [6.07, 6.45) is 4.17. The smallest absolute Gasteiger partial charge is 0.227 e. The second-order valence-electron chi connectivity index (χ2n) is 8.72. The van der Waals surface area contributed by atoms with Crippen LogP contribution in [0.15, 0.2) is 18.2 Å². The number of methoxy groups -OCH3 is 1. The first-order valence-electron chi connectivity index (χ1n) is 11.4. The van der Waals surface area contributed by atoms with Gasteiger partial charge in [0.2, 0.25) is 11.9 Å². The standard InChI is InChI=1S/C24H32N4O3/c1-4-22(29)17-7-5-11-27(14-17)23(30)18-8-6-12-28(15-18)24-25-16(2)20-10-9-19(31-3)13-21(20)26-24/h9-10,13,17-18H,4-8,11-12,14-15H2,1-3H3/t17-,18-/m0/s1. The molecule has 0 spiro atoms. The van der Waals surface area contributed by atoms with Crippen molar-refractivity contribution in [3.8, 4) is 5.75 Å². The average molecular weight is 425 g/mol. The molecule has 2 saturated heterocycles. The van der Waals surface area contributed by atoms with E-state index in [0.717, 1.165) is 61.1 Å². The van der Waals surface area contributed by atoms with E-state index in [2.05, 4.69) is 4.90 Å². The first-order chi connectivity index (χ1) is 15.0. The van der Waals surface area contributed by atoms with Crippen LogP contribution in [0.1, 0.15) is 44.7 Å². The van der Waals surface area contributed by atoms with Gasteiger partial charge < -0.3 is 14.5 Å². The number of fused-ring (bicyclic) bond motifs is 1. The van der Waals surface area contributed by atoms with Gasteiger partial charge in [0.25, 0.3) is 0 Å². The van der Waals surface area contributed by atoms with E-state index >= 15 is 0 Å². The zero-order valence-electron chi connectivity index (χ0n) is 18.8. The van der Waals surface area contributed by atoms with Crippen LogP contribution in [0.2, 0.25) is 0 Å². The summed E-state index contributed by atoms with van der Waals surface area (Å²) in [4.78, 5) is 39.0. The Balaban J connectivity index is 1.50. The molecule has 2 aliphatic rings. The van der Waals surface area contributed by atoms with Crippen molar-refractivity contribution >= 4 is 28.5 Å². The van der Waals surface area contributed by atoms with Gasteiger partial charge in [-0.25, -0.2) is 9.97 Å². The number of benzene rings is 1. The number of aromatic nitrogens is 2. The minimum atomic E-state index is -0.0749. The second kappa shape index (κ2) is 9.20. The fourth-order valence-electron chi connectivity index (χ4n) is 4.87. The van der Waals surface area contributed by atoms with Crippen molar-refractivity contribution in [1.82, 2.24) is 14.9 Å².